The second-order valence-corrected chi connectivity index (χ2v) is 8.88. The zero-order valence-corrected chi connectivity index (χ0v) is 15.6. The Morgan fingerprint density at radius 3 is 2.69 bits per heavy atom. The molecule has 2 aliphatic carbocycles. The minimum absolute atomic E-state index is 0.0228. The number of fused-ring (bicyclic) bond motifs is 1. The number of amides is 1. The standard InChI is InChI=1S/C19H31N5O2/c25-17(23-11-10-19(26)9-5-2-6-16(19)13-23)12-18(7-3-1-4-8-18)14-24-15-20-21-22-24/h15-16,26H,1-14H2/t16-,19-/m1/s1. The Morgan fingerprint density at radius 1 is 1.12 bits per heavy atom. The minimum Gasteiger partial charge on any atom is -0.389 e. The van der Waals surface area contributed by atoms with Gasteiger partial charge in [0.25, 0.3) is 0 Å². The number of carbonyl (C=O) groups excluding carboxylic acids is 1. The highest BCUT2D eigenvalue weighted by atomic mass is 16.3. The third-order valence-electron chi connectivity index (χ3n) is 7.11. The Labute approximate surface area is 155 Å². The van der Waals surface area contributed by atoms with E-state index in [1.807, 2.05) is 4.90 Å². The van der Waals surface area contributed by atoms with Gasteiger partial charge in [-0.25, -0.2) is 4.68 Å². The average Bonchev–Trinajstić information content (AvgIpc) is 3.14. The first kappa shape index (κ1) is 17.9. The van der Waals surface area contributed by atoms with Gasteiger partial charge in [-0.1, -0.05) is 32.1 Å². The van der Waals surface area contributed by atoms with Crippen molar-refractivity contribution in [3.8, 4) is 0 Å². The molecule has 1 saturated heterocycles. The zero-order chi connectivity index (χ0) is 18.0. The lowest BCUT2D eigenvalue weighted by Crippen LogP contribution is -2.55. The van der Waals surface area contributed by atoms with Gasteiger partial charge in [-0.15, -0.1) is 5.10 Å². The normalized spacial score (nSPS) is 31.4. The van der Waals surface area contributed by atoms with Crippen molar-refractivity contribution in [2.45, 2.75) is 82.8 Å². The van der Waals surface area contributed by atoms with Crippen LogP contribution in [0.3, 0.4) is 0 Å². The number of aliphatic hydroxyl groups is 1. The predicted molar refractivity (Wildman–Crippen MR) is 96.1 cm³/mol. The zero-order valence-electron chi connectivity index (χ0n) is 15.6. The summed E-state index contributed by atoms with van der Waals surface area (Å²) in [5, 5.41) is 22.4. The summed E-state index contributed by atoms with van der Waals surface area (Å²) in [6, 6.07) is 0. The molecule has 7 heteroatoms. The Hall–Kier alpha value is -1.50. The molecule has 7 nitrogen and oxygen atoms in total. The summed E-state index contributed by atoms with van der Waals surface area (Å²) in [5.74, 6) is 0.517. The first-order chi connectivity index (χ1) is 12.6. The number of tetrazole rings is 1. The van der Waals surface area contributed by atoms with Crippen LogP contribution in [0.2, 0.25) is 0 Å². The molecule has 1 amide bonds. The maximum Gasteiger partial charge on any atom is 0.223 e. The highest BCUT2D eigenvalue weighted by Gasteiger charge is 2.45. The highest BCUT2D eigenvalue weighted by Crippen LogP contribution is 2.43. The van der Waals surface area contributed by atoms with Gasteiger partial charge in [0.2, 0.25) is 5.91 Å². The minimum atomic E-state index is -0.524. The van der Waals surface area contributed by atoms with E-state index >= 15 is 0 Å². The fraction of sp³-hybridized carbons (Fsp3) is 0.895. The van der Waals surface area contributed by atoms with Gasteiger partial charge < -0.3 is 10.0 Å². The van der Waals surface area contributed by atoms with E-state index in [0.29, 0.717) is 13.0 Å². The molecule has 1 aromatic heterocycles. The molecule has 2 heterocycles. The predicted octanol–water partition coefficient (Wildman–Crippen LogP) is 2.17. The summed E-state index contributed by atoms with van der Waals surface area (Å²) < 4.78 is 1.79. The Kier molecular flexibility index (Phi) is 4.99. The van der Waals surface area contributed by atoms with E-state index in [0.717, 1.165) is 51.6 Å². The molecule has 1 aliphatic heterocycles. The molecule has 144 valence electrons. The number of rotatable bonds is 4. The highest BCUT2D eigenvalue weighted by molar-refractivity contribution is 5.77. The van der Waals surface area contributed by atoms with Crippen LogP contribution in [-0.4, -0.2) is 54.8 Å². The molecule has 3 fully saturated rings. The van der Waals surface area contributed by atoms with Crippen molar-refractivity contribution in [1.82, 2.24) is 25.1 Å². The summed E-state index contributed by atoms with van der Waals surface area (Å²) >= 11 is 0. The first-order valence-corrected chi connectivity index (χ1v) is 10.3. The Balaban J connectivity index is 1.43. The van der Waals surface area contributed by atoms with Crippen LogP contribution in [0, 0.1) is 11.3 Å². The third-order valence-corrected chi connectivity index (χ3v) is 7.11. The van der Waals surface area contributed by atoms with Crippen molar-refractivity contribution in [3.05, 3.63) is 6.33 Å². The van der Waals surface area contributed by atoms with Crippen LogP contribution in [-0.2, 0) is 11.3 Å². The first-order valence-electron chi connectivity index (χ1n) is 10.3. The van der Waals surface area contributed by atoms with Crippen molar-refractivity contribution in [2.24, 2.45) is 11.3 Å². The van der Waals surface area contributed by atoms with Crippen LogP contribution in [0.15, 0.2) is 6.33 Å². The number of hydrogen-bond donors (Lipinski definition) is 1. The summed E-state index contributed by atoms with van der Waals surface area (Å²) in [6.45, 7) is 2.16. The number of nitrogens with zero attached hydrogens (tertiary/aromatic N) is 5. The number of hydrogen-bond acceptors (Lipinski definition) is 5. The molecule has 0 aromatic carbocycles. The summed E-state index contributed by atoms with van der Waals surface area (Å²) in [4.78, 5) is 15.2. The molecule has 0 bridgehead atoms. The van der Waals surface area contributed by atoms with E-state index in [1.54, 1.807) is 11.0 Å². The van der Waals surface area contributed by atoms with Gasteiger partial charge in [-0.2, -0.15) is 0 Å². The summed E-state index contributed by atoms with van der Waals surface area (Å²) in [5.41, 5.74) is -0.547. The largest absolute Gasteiger partial charge is 0.389 e. The molecule has 4 rings (SSSR count). The summed E-state index contributed by atoms with van der Waals surface area (Å²) in [6.07, 6.45) is 13.0. The molecule has 1 N–H and O–H groups in total. The van der Waals surface area contributed by atoms with Gasteiger partial charge in [0.15, 0.2) is 0 Å². The van der Waals surface area contributed by atoms with Crippen LogP contribution in [0.4, 0.5) is 0 Å². The lowest BCUT2D eigenvalue weighted by atomic mass is 9.70. The van der Waals surface area contributed by atoms with Crippen molar-refractivity contribution >= 4 is 5.91 Å². The molecule has 26 heavy (non-hydrogen) atoms. The molecule has 3 aliphatic rings. The van der Waals surface area contributed by atoms with E-state index in [4.69, 9.17) is 0 Å². The van der Waals surface area contributed by atoms with Crippen LogP contribution in [0.25, 0.3) is 0 Å². The molecular formula is C19H31N5O2. The average molecular weight is 361 g/mol. The maximum absolute atomic E-state index is 13.2. The molecule has 0 radical (unpaired) electrons. The van der Waals surface area contributed by atoms with Gasteiger partial charge in [-0.05, 0) is 47.9 Å². The second kappa shape index (κ2) is 7.25. The van der Waals surface area contributed by atoms with Gasteiger partial charge in [0.1, 0.15) is 6.33 Å². The fourth-order valence-corrected chi connectivity index (χ4v) is 5.52. The maximum atomic E-state index is 13.2. The lowest BCUT2D eigenvalue weighted by Gasteiger charge is -2.48. The van der Waals surface area contributed by atoms with Crippen LogP contribution < -0.4 is 0 Å². The molecule has 2 saturated carbocycles. The van der Waals surface area contributed by atoms with Crippen molar-refractivity contribution in [3.63, 3.8) is 0 Å². The number of likely N-dealkylation sites (tertiary alicyclic amines) is 1. The Bertz CT molecular complexity index is 613. The van der Waals surface area contributed by atoms with E-state index in [1.165, 1.54) is 25.7 Å². The van der Waals surface area contributed by atoms with E-state index in [9.17, 15) is 9.90 Å². The van der Waals surface area contributed by atoms with Gasteiger partial charge in [-0.3, -0.25) is 4.79 Å². The molecule has 0 unspecified atom stereocenters. The van der Waals surface area contributed by atoms with Crippen molar-refractivity contribution < 1.29 is 9.90 Å². The molecule has 2 atom stereocenters. The fourth-order valence-electron chi connectivity index (χ4n) is 5.52. The van der Waals surface area contributed by atoms with Crippen LogP contribution in [0.1, 0.15) is 70.6 Å². The monoisotopic (exact) mass is 361 g/mol. The molecule has 1 aromatic rings. The van der Waals surface area contributed by atoms with Gasteiger partial charge in [0, 0.05) is 25.4 Å². The number of carbonyl (C=O) groups is 1. The number of aromatic nitrogens is 4. The molecule has 0 spiro atoms. The van der Waals surface area contributed by atoms with Crippen LogP contribution in [0.5, 0.6) is 0 Å². The summed E-state index contributed by atoms with van der Waals surface area (Å²) in [7, 11) is 0. The topological polar surface area (TPSA) is 84.1 Å². The Morgan fingerprint density at radius 2 is 1.92 bits per heavy atom. The van der Waals surface area contributed by atoms with Crippen molar-refractivity contribution in [1.29, 1.82) is 0 Å². The lowest BCUT2D eigenvalue weighted by molar-refractivity contribution is -0.146. The third kappa shape index (κ3) is 3.63. The quantitative estimate of drug-likeness (QED) is 0.888. The van der Waals surface area contributed by atoms with E-state index in [-0.39, 0.29) is 17.2 Å². The van der Waals surface area contributed by atoms with E-state index in [2.05, 4.69) is 15.5 Å². The smallest absolute Gasteiger partial charge is 0.223 e. The van der Waals surface area contributed by atoms with Crippen molar-refractivity contribution in [2.75, 3.05) is 13.1 Å². The van der Waals surface area contributed by atoms with Gasteiger partial charge in [0.05, 0.1) is 12.1 Å². The number of piperidine rings is 1. The SMILES string of the molecule is O=C(CC1(Cn2cnnn2)CCCCC1)N1CC[C@]2(O)CCCC[C@@H]2C1. The van der Waals surface area contributed by atoms with Crippen LogP contribution >= 0.6 is 0 Å². The van der Waals surface area contributed by atoms with Gasteiger partial charge >= 0.3 is 0 Å². The van der Waals surface area contributed by atoms with E-state index < -0.39 is 5.60 Å². The second-order valence-electron chi connectivity index (χ2n) is 8.88. The molecular weight excluding hydrogens is 330 g/mol.